The number of hydrogen-bond acceptors (Lipinski definition) is 3. The highest BCUT2D eigenvalue weighted by Gasteiger charge is 2.21. The zero-order chi connectivity index (χ0) is 20.8. The zero-order valence-corrected chi connectivity index (χ0v) is 18.0. The summed E-state index contributed by atoms with van der Waals surface area (Å²) in [6.45, 7) is 6.85. The number of anilines is 1. The second-order valence-electron chi connectivity index (χ2n) is 7.92. The fourth-order valence-electron chi connectivity index (χ4n) is 3.85. The number of rotatable bonds is 6. The second-order valence-corrected chi connectivity index (χ2v) is 7.92. The van der Waals surface area contributed by atoms with Gasteiger partial charge < -0.3 is 19.9 Å². The number of urea groups is 1. The number of hydrogen-bond donors (Lipinski definition) is 1. The smallest absolute Gasteiger partial charge is 0.317 e. The van der Waals surface area contributed by atoms with E-state index in [0.29, 0.717) is 12.5 Å². The number of nitrogens with one attached hydrogen (secondary N) is 1. The first-order valence-corrected chi connectivity index (χ1v) is 10.5. The molecule has 1 heterocycles. The molecule has 0 bridgehead atoms. The topological polar surface area (TPSA) is 44.8 Å². The molecule has 0 aliphatic carbocycles. The minimum atomic E-state index is -0.0664. The van der Waals surface area contributed by atoms with Crippen LogP contribution in [0.25, 0.3) is 0 Å². The average molecular weight is 396 g/mol. The highest BCUT2D eigenvalue weighted by Crippen LogP contribution is 2.31. The maximum Gasteiger partial charge on any atom is 0.317 e. The molecule has 0 aromatic heterocycles. The van der Waals surface area contributed by atoms with Crippen molar-refractivity contribution in [3.05, 3.63) is 59.7 Å². The van der Waals surface area contributed by atoms with Gasteiger partial charge in [-0.3, -0.25) is 0 Å². The van der Waals surface area contributed by atoms with Gasteiger partial charge in [-0.25, -0.2) is 4.79 Å². The number of carbonyl (C=O) groups excluding carboxylic acids is 1. The predicted molar refractivity (Wildman–Crippen MR) is 119 cm³/mol. The van der Waals surface area contributed by atoms with Crippen molar-refractivity contribution >= 4 is 11.7 Å². The molecule has 2 aromatic carbocycles. The van der Waals surface area contributed by atoms with Crippen molar-refractivity contribution in [2.24, 2.45) is 0 Å². The predicted octanol–water partition coefficient (Wildman–Crippen LogP) is 4.80. The summed E-state index contributed by atoms with van der Waals surface area (Å²) in [7, 11) is 3.51. The van der Waals surface area contributed by atoms with Crippen LogP contribution in [0, 0.1) is 0 Å². The Morgan fingerprint density at radius 3 is 2.28 bits per heavy atom. The van der Waals surface area contributed by atoms with Crippen LogP contribution in [0.5, 0.6) is 5.75 Å². The summed E-state index contributed by atoms with van der Waals surface area (Å²) >= 11 is 0. The Bertz CT molecular complexity index is 779. The van der Waals surface area contributed by atoms with E-state index in [0.717, 1.165) is 37.2 Å². The normalized spacial score (nSPS) is 15.7. The van der Waals surface area contributed by atoms with Crippen molar-refractivity contribution < 1.29 is 9.53 Å². The Morgan fingerprint density at radius 1 is 1.10 bits per heavy atom. The standard InChI is InChI=1S/C24H33N3O2/c1-5-29-23-12-10-22(11-13-23)27-16-14-21(15-17-27)20-8-6-19(7-9-20)18(2)25-24(28)26(3)4/h6-13,18,21H,5,14-17H2,1-4H3,(H,25,28)/t18-/m0/s1. The van der Waals surface area contributed by atoms with E-state index in [4.69, 9.17) is 4.74 Å². The van der Waals surface area contributed by atoms with Gasteiger partial charge in [0, 0.05) is 32.9 Å². The largest absolute Gasteiger partial charge is 0.494 e. The van der Waals surface area contributed by atoms with Gasteiger partial charge >= 0.3 is 6.03 Å². The van der Waals surface area contributed by atoms with E-state index < -0.39 is 0 Å². The molecule has 1 saturated heterocycles. The number of ether oxygens (including phenoxy) is 1. The van der Waals surface area contributed by atoms with E-state index in [1.165, 1.54) is 11.3 Å². The van der Waals surface area contributed by atoms with Crippen molar-refractivity contribution in [1.82, 2.24) is 10.2 Å². The van der Waals surface area contributed by atoms with Crippen LogP contribution in [-0.4, -0.2) is 44.7 Å². The van der Waals surface area contributed by atoms with Crippen LogP contribution >= 0.6 is 0 Å². The van der Waals surface area contributed by atoms with Crippen molar-refractivity contribution in [1.29, 1.82) is 0 Å². The molecule has 1 N–H and O–H groups in total. The SMILES string of the molecule is CCOc1ccc(N2CCC(c3ccc([C@H](C)NC(=O)N(C)C)cc3)CC2)cc1. The first-order chi connectivity index (χ1) is 14.0. The highest BCUT2D eigenvalue weighted by atomic mass is 16.5. The molecule has 1 aliphatic rings. The maximum atomic E-state index is 11.8. The highest BCUT2D eigenvalue weighted by molar-refractivity contribution is 5.74. The lowest BCUT2D eigenvalue weighted by Gasteiger charge is -2.34. The van der Waals surface area contributed by atoms with Gasteiger partial charge in [0.05, 0.1) is 12.6 Å². The summed E-state index contributed by atoms with van der Waals surface area (Å²) in [5, 5.41) is 3.00. The Kier molecular flexibility index (Phi) is 7.02. The third kappa shape index (κ3) is 5.43. The van der Waals surface area contributed by atoms with Crippen LogP contribution in [0.1, 0.15) is 49.8 Å². The Labute approximate surface area is 174 Å². The van der Waals surface area contributed by atoms with Gasteiger partial charge in [0.2, 0.25) is 0 Å². The van der Waals surface area contributed by atoms with Crippen molar-refractivity contribution in [2.45, 2.75) is 38.6 Å². The zero-order valence-electron chi connectivity index (χ0n) is 18.0. The summed E-state index contributed by atoms with van der Waals surface area (Å²) in [4.78, 5) is 15.9. The minimum Gasteiger partial charge on any atom is -0.494 e. The minimum absolute atomic E-state index is 0.000423. The molecular formula is C24H33N3O2. The first-order valence-electron chi connectivity index (χ1n) is 10.5. The van der Waals surface area contributed by atoms with Crippen molar-refractivity contribution in [3.63, 3.8) is 0 Å². The lowest BCUT2D eigenvalue weighted by atomic mass is 9.88. The van der Waals surface area contributed by atoms with Crippen LogP contribution in [0.4, 0.5) is 10.5 Å². The van der Waals surface area contributed by atoms with E-state index >= 15 is 0 Å². The van der Waals surface area contributed by atoms with Gasteiger partial charge in [0.25, 0.3) is 0 Å². The van der Waals surface area contributed by atoms with Gasteiger partial charge in [-0.1, -0.05) is 24.3 Å². The molecule has 3 rings (SSSR count). The van der Waals surface area contributed by atoms with Gasteiger partial charge in [0.1, 0.15) is 5.75 Å². The van der Waals surface area contributed by atoms with Crippen LogP contribution in [0.15, 0.2) is 48.5 Å². The number of nitrogens with zero attached hydrogens (tertiary/aromatic N) is 2. The fourth-order valence-corrected chi connectivity index (χ4v) is 3.85. The molecule has 5 nitrogen and oxygen atoms in total. The number of piperidine rings is 1. The maximum absolute atomic E-state index is 11.8. The molecule has 5 heteroatoms. The molecule has 1 fully saturated rings. The molecule has 0 spiro atoms. The lowest BCUT2D eigenvalue weighted by Crippen LogP contribution is -2.36. The van der Waals surface area contributed by atoms with Crippen LogP contribution in [0.3, 0.4) is 0 Å². The molecule has 0 unspecified atom stereocenters. The molecule has 156 valence electrons. The van der Waals surface area contributed by atoms with Gasteiger partial charge in [-0.05, 0) is 68.0 Å². The van der Waals surface area contributed by atoms with Crippen molar-refractivity contribution in [2.75, 3.05) is 38.7 Å². The third-order valence-electron chi connectivity index (χ3n) is 5.66. The van der Waals surface area contributed by atoms with Crippen LogP contribution in [-0.2, 0) is 0 Å². The molecular weight excluding hydrogens is 362 g/mol. The monoisotopic (exact) mass is 395 g/mol. The summed E-state index contributed by atoms with van der Waals surface area (Å²) < 4.78 is 5.54. The number of benzene rings is 2. The first kappa shape index (κ1) is 21.0. The van der Waals surface area contributed by atoms with Crippen LogP contribution in [0.2, 0.25) is 0 Å². The molecule has 0 radical (unpaired) electrons. The summed E-state index contributed by atoms with van der Waals surface area (Å²) in [5.74, 6) is 1.52. The van der Waals surface area contributed by atoms with E-state index in [9.17, 15) is 4.79 Å². The third-order valence-corrected chi connectivity index (χ3v) is 5.66. The van der Waals surface area contributed by atoms with Gasteiger partial charge in [0.15, 0.2) is 0 Å². The van der Waals surface area contributed by atoms with E-state index in [1.54, 1.807) is 19.0 Å². The molecule has 2 aromatic rings. The Hall–Kier alpha value is -2.69. The summed E-state index contributed by atoms with van der Waals surface area (Å²) in [5.41, 5.74) is 3.80. The second kappa shape index (κ2) is 9.68. The molecule has 29 heavy (non-hydrogen) atoms. The van der Waals surface area contributed by atoms with Gasteiger partial charge in [-0.2, -0.15) is 0 Å². The molecule has 2 amide bonds. The summed E-state index contributed by atoms with van der Waals surface area (Å²) in [6.07, 6.45) is 2.30. The number of amides is 2. The Morgan fingerprint density at radius 2 is 1.72 bits per heavy atom. The molecule has 1 aliphatic heterocycles. The Balaban J connectivity index is 1.54. The van der Waals surface area contributed by atoms with E-state index in [2.05, 4.69) is 58.7 Å². The lowest BCUT2D eigenvalue weighted by molar-refractivity contribution is 0.214. The quantitative estimate of drug-likeness (QED) is 0.764. The van der Waals surface area contributed by atoms with Crippen molar-refractivity contribution in [3.8, 4) is 5.75 Å². The number of carbonyl (C=O) groups is 1. The molecule has 0 saturated carbocycles. The molecule has 1 atom stereocenters. The average Bonchev–Trinajstić information content (AvgIpc) is 2.74. The fraction of sp³-hybridized carbons (Fsp3) is 0.458. The van der Waals surface area contributed by atoms with Crippen LogP contribution < -0.4 is 15.0 Å². The van der Waals surface area contributed by atoms with E-state index in [1.807, 2.05) is 13.8 Å². The van der Waals surface area contributed by atoms with Gasteiger partial charge in [-0.15, -0.1) is 0 Å². The van der Waals surface area contributed by atoms with E-state index in [-0.39, 0.29) is 12.1 Å². The summed E-state index contributed by atoms with van der Waals surface area (Å²) in [6, 6.07) is 17.1.